The number of urea groups is 1. The Morgan fingerprint density at radius 2 is 1.79 bits per heavy atom. The molecule has 0 aliphatic carbocycles. The Balaban J connectivity index is 1.45. The summed E-state index contributed by atoms with van der Waals surface area (Å²) in [7, 11) is -3.93. The van der Waals surface area contributed by atoms with Gasteiger partial charge >= 0.3 is 6.03 Å². The van der Waals surface area contributed by atoms with Crippen molar-refractivity contribution in [2.45, 2.75) is 44.0 Å². The molecule has 8 nitrogen and oxygen atoms in total. The summed E-state index contributed by atoms with van der Waals surface area (Å²) in [4.78, 5) is 29.0. The third kappa shape index (κ3) is 5.00. The van der Waals surface area contributed by atoms with Crippen molar-refractivity contribution in [3.05, 3.63) is 52.5 Å². The lowest BCUT2D eigenvalue weighted by atomic mass is 10.2. The molecule has 0 saturated carbocycles. The zero-order valence-electron chi connectivity index (χ0n) is 18.6. The first-order valence-corrected chi connectivity index (χ1v) is 12.8. The van der Waals surface area contributed by atoms with Crippen LogP contribution in [0.15, 0.2) is 41.3 Å². The lowest BCUT2D eigenvalue weighted by Gasteiger charge is -2.24. The molecule has 2 aliphatic rings. The topological polar surface area (TPSA) is 98.8 Å². The van der Waals surface area contributed by atoms with Crippen molar-refractivity contribution in [3.8, 4) is 0 Å². The molecule has 1 fully saturated rings. The molecule has 1 atom stereocenters. The average molecular weight is 491 g/mol. The van der Waals surface area contributed by atoms with Gasteiger partial charge in [0.15, 0.2) is 0 Å². The number of anilines is 2. The highest BCUT2D eigenvalue weighted by molar-refractivity contribution is 7.89. The van der Waals surface area contributed by atoms with E-state index in [9.17, 15) is 18.0 Å². The number of hydrogen-bond acceptors (Lipinski definition) is 4. The van der Waals surface area contributed by atoms with Gasteiger partial charge in [-0.05, 0) is 80.6 Å². The van der Waals surface area contributed by atoms with Gasteiger partial charge in [0.05, 0.1) is 10.9 Å². The Morgan fingerprint density at radius 1 is 1.06 bits per heavy atom. The maximum Gasteiger partial charge on any atom is 0.324 e. The Kier molecular flexibility index (Phi) is 6.65. The monoisotopic (exact) mass is 490 g/mol. The molecule has 2 aromatic rings. The SMILES string of the molecule is Cc1cc(Cl)ccc1NC(=O)C(C)NS(=O)(=O)c1ccc2c(c1)CCN2C(=O)N1CCCC1. The van der Waals surface area contributed by atoms with Gasteiger partial charge in [0.2, 0.25) is 15.9 Å². The fourth-order valence-corrected chi connectivity index (χ4v) is 5.67. The normalized spacial score (nSPS) is 16.6. The fraction of sp³-hybridized carbons (Fsp3) is 0.391. The van der Waals surface area contributed by atoms with E-state index < -0.39 is 22.0 Å². The van der Waals surface area contributed by atoms with Crippen LogP contribution in [-0.4, -0.2) is 50.9 Å². The van der Waals surface area contributed by atoms with Gasteiger partial charge in [0.1, 0.15) is 0 Å². The van der Waals surface area contributed by atoms with Gasteiger partial charge in [0.25, 0.3) is 0 Å². The Morgan fingerprint density at radius 3 is 2.48 bits per heavy atom. The molecule has 1 unspecified atom stereocenters. The van der Waals surface area contributed by atoms with Crippen molar-refractivity contribution in [3.63, 3.8) is 0 Å². The molecule has 176 valence electrons. The Hall–Kier alpha value is -2.62. The van der Waals surface area contributed by atoms with Crippen molar-refractivity contribution in [2.24, 2.45) is 0 Å². The minimum absolute atomic E-state index is 0.0252. The molecule has 2 aromatic carbocycles. The fourth-order valence-electron chi connectivity index (χ4n) is 4.19. The van der Waals surface area contributed by atoms with Crippen molar-refractivity contribution < 1.29 is 18.0 Å². The predicted octanol–water partition coefficient (Wildman–Crippen LogP) is 3.53. The Labute approximate surface area is 198 Å². The van der Waals surface area contributed by atoms with Gasteiger partial charge in [-0.15, -0.1) is 0 Å². The van der Waals surface area contributed by atoms with Crippen LogP contribution in [0.2, 0.25) is 5.02 Å². The second-order valence-corrected chi connectivity index (χ2v) is 10.6. The summed E-state index contributed by atoms with van der Waals surface area (Å²) in [5.74, 6) is -0.479. The maximum absolute atomic E-state index is 12.9. The third-order valence-electron chi connectivity index (χ3n) is 6.04. The number of carbonyl (C=O) groups is 2. The van der Waals surface area contributed by atoms with Crippen LogP contribution >= 0.6 is 11.6 Å². The number of carbonyl (C=O) groups excluding carboxylic acids is 2. The number of aryl methyl sites for hydroxylation is 1. The maximum atomic E-state index is 12.9. The highest BCUT2D eigenvalue weighted by atomic mass is 35.5. The largest absolute Gasteiger partial charge is 0.324 e. The van der Waals surface area contributed by atoms with Crippen LogP contribution in [0.3, 0.4) is 0 Å². The number of nitrogens with one attached hydrogen (secondary N) is 2. The van der Waals surface area contributed by atoms with Crippen molar-refractivity contribution in [1.29, 1.82) is 0 Å². The van der Waals surface area contributed by atoms with Crippen LogP contribution in [0.4, 0.5) is 16.2 Å². The van der Waals surface area contributed by atoms with E-state index in [4.69, 9.17) is 11.6 Å². The summed E-state index contributed by atoms with van der Waals surface area (Å²) in [6.07, 6.45) is 2.61. The first-order chi connectivity index (χ1) is 15.7. The summed E-state index contributed by atoms with van der Waals surface area (Å²) in [6, 6.07) is 8.76. The number of hydrogen-bond donors (Lipinski definition) is 2. The molecule has 0 spiro atoms. The van der Waals surface area contributed by atoms with Crippen molar-refractivity contribution in [2.75, 3.05) is 29.9 Å². The summed E-state index contributed by atoms with van der Waals surface area (Å²) >= 11 is 5.94. The number of rotatable bonds is 5. The summed E-state index contributed by atoms with van der Waals surface area (Å²) < 4.78 is 28.3. The van der Waals surface area contributed by atoms with Gasteiger partial charge in [-0.2, -0.15) is 4.72 Å². The average Bonchev–Trinajstić information content (AvgIpc) is 3.44. The Bertz CT molecular complexity index is 1190. The lowest BCUT2D eigenvalue weighted by molar-refractivity contribution is -0.117. The number of nitrogens with zero attached hydrogens (tertiary/aromatic N) is 2. The quantitative estimate of drug-likeness (QED) is 0.669. The molecule has 0 radical (unpaired) electrons. The molecular formula is C23H27ClN4O4S. The van der Waals surface area contributed by atoms with Crippen LogP contribution in [0, 0.1) is 6.92 Å². The van der Waals surface area contributed by atoms with E-state index in [-0.39, 0.29) is 10.9 Å². The summed E-state index contributed by atoms with van der Waals surface area (Å²) in [6.45, 7) is 5.34. The number of sulfonamides is 1. The van der Waals surface area contributed by atoms with Gasteiger partial charge in [0, 0.05) is 36.0 Å². The molecule has 2 aliphatic heterocycles. The first-order valence-electron chi connectivity index (χ1n) is 10.9. The molecule has 1 saturated heterocycles. The van der Waals surface area contributed by atoms with E-state index >= 15 is 0 Å². The van der Waals surface area contributed by atoms with Crippen LogP contribution in [0.5, 0.6) is 0 Å². The molecule has 0 aromatic heterocycles. The second-order valence-electron chi connectivity index (χ2n) is 8.46. The van der Waals surface area contributed by atoms with E-state index in [0.29, 0.717) is 23.7 Å². The van der Waals surface area contributed by atoms with Crippen molar-refractivity contribution >= 4 is 44.9 Å². The van der Waals surface area contributed by atoms with E-state index in [2.05, 4.69) is 10.0 Å². The molecule has 2 heterocycles. The van der Waals surface area contributed by atoms with Crippen LogP contribution in [0.1, 0.15) is 30.9 Å². The van der Waals surface area contributed by atoms with Crippen LogP contribution in [-0.2, 0) is 21.2 Å². The van der Waals surface area contributed by atoms with Crippen LogP contribution in [0.25, 0.3) is 0 Å². The molecule has 33 heavy (non-hydrogen) atoms. The first kappa shape index (κ1) is 23.5. The van der Waals surface area contributed by atoms with Gasteiger partial charge < -0.3 is 10.2 Å². The van der Waals surface area contributed by atoms with Crippen LogP contribution < -0.4 is 14.9 Å². The molecule has 4 rings (SSSR count). The summed E-state index contributed by atoms with van der Waals surface area (Å²) in [5, 5.41) is 3.28. The lowest BCUT2D eigenvalue weighted by Crippen LogP contribution is -2.41. The van der Waals surface area contributed by atoms with Gasteiger partial charge in [-0.25, -0.2) is 13.2 Å². The number of amides is 3. The van der Waals surface area contributed by atoms with E-state index in [0.717, 1.165) is 42.7 Å². The summed E-state index contributed by atoms with van der Waals surface area (Å²) in [5.41, 5.74) is 2.89. The third-order valence-corrected chi connectivity index (χ3v) is 7.81. The predicted molar refractivity (Wildman–Crippen MR) is 128 cm³/mol. The highest BCUT2D eigenvalue weighted by Gasteiger charge is 2.31. The van der Waals surface area contributed by atoms with E-state index in [1.54, 1.807) is 42.2 Å². The van der Waals surface area contributed by atoms with Gasteiger partial charge in [-0.1, -0.05) is 11.6 Å². The number of benzene rings is 2. The zero-order chi connectivity index (χ0) is 23.8. The van der Waals surface area contributed by atoms with Crippen molar-refractivity contribution in [1.82, 2.24) is 9.62 Å². The molecule has 0 bridgehead atoms. The number of fused-ring (bicyclic) bond motifs is 1. The number of halogens is 1. The standard InChI is InChI=1S/C23H27ClN4O4S/c1-15-13-18(24)5-7-20(15)25-22(29)16(2)26-33(31,32)19-6-8-21-17(14-19)9-12-28(21)23(30)27-10-3-4-11-27/h5-8,13-14,16,26H,3-4,9-12H2,1-2H3,(H,25,29). The van der Waals surface area contributed by atoms with Gasteiger partial charge in [-0.3, -0.25) is 9.69 Å². The molecule has 10 heteroatoms. The molecule has 2 N–H and O–H groups in total. The molecule has 3 amide bonds. The smallest absolute Gasteiger partial charge is 0.324 e. The second kappa shape index (κ2) is 9.32. The minimum Gasteiger partial charge on any atom is -0.324 e. The van der Waals surface area contributed by atoms with E-state index in [1.165, 1.54) is 13.0 Å². The minimum atomic E-state index is -3.93. The highest BCUT2D eigenvalue weighted by Crippen LogP contribution is 2.31. The van der Waals surface area contributed by atoms with E-state index in [1.807, 2.05) is 4.90 Å². The molecular weight excluding hydrogens is 464 g/mol. The number of likely N-dealkylation sites (tertiary alicyclic amines) is 1. The zero-order valence-corrected chi connectivity index (χ0v) is 20.2.